The Balaban J connectivity index is 2.29. The van der Waals surface area contributed by atoms with E-state index >= 15 is 0 Å². The number of carbonyl (C=O) groups is 1. The zero-order valence-electron chi connectivity index (χ0n) is 11.4. The first-order chi connectivity index (χ1) is 9.47. The fourth-order valence-corrected chi connectivity index (χ4v) is 2.44. The lowest BCUT2D eigenvalue weighted by molar-refractivity contribution is 0.0643. The monoisotopic (exact) mass is 285 g/mol. The first kappa shape index (κ1) is 14.9. The standard InChI is InChI=1S/C14H17F2NO3/c1-8-3-11(13(16)5-12(8)15)14(19)17-6-10(20-2)4-9(17)7-18/h3,5,9-10,18H,4,6-7H2,1-2H3/t9-,10-/m0/s1. The molecule has 1 heterocycles. The number of rotatable bonds is 3. The molecule has 4 nitrogen and oxygen atoms in total. The van der Waals surface area contributed by atoms with Gasteiger partial charge in [-0.25, -0.2) is 8.78 Å². The van der Waals surface area contributed by atoms with Crippen LogP contribution in [0.2, 0.25) is 0 Å². The molecule has 1 aromatic rings. The molecule has 0 bridgehead atoms. The molecular formula is C14H17F2NO3. The molecule has 0 saturated carbocycles. The molecule has 20 heavy (non-hydrogen) atoms. The van der Waals surface area contributed by atoms with Crippen LogP contribution in [0.1, 0.15) is 22.3 Å². The summed E-state index contributed by atoms with van der Waals surface area (Å²) in [5.74, 6) is -2.13. The van der Waals surface area contributed by atoms with Crippen LogP contribution < -0.4 is 0 Å². The van der Waals surface area contributed by atoms with E-state index in [0.29, 0.717) is 12.5 Å². The predicted molar refractivity (Wildman–Crippen MR) is 68.4 cm³/mol. The van der Waals surface area contributed by atoms with Crippen molar-refractivity contribution in [2.24, 2.45) is 0 Å². The normalized spacial score (nSPS) is 22.4. The molecule has 1 N–H and O–H groups in total. The maximum absolute atomic E-state index is 13.8. The van der Waals surface area contributed by atoms with Gasteiger partial charge in [0.15, 0.2) is 0 Å². The molecule has 0 spiro atoms. The van der Waals surface area contributed by atoms with Crippen molar-refractivity contribution in [2.75, 3.05) is 20.3 Å². The van der Waals surface area contributed by atoms with Crippen LogP contribution in [0, 0.1) is 18.6 Å². The number of hydrogen-bond acceptors (Lipinski definition) is 3. The summed E-state index contributed by atoms with van der Waals surface area (Å²) < 4.78 is 32.2. The van der Waals surface area contributed by atoms with Crippen LogP contribution in [0.3, 0.4) is 0 Å². The van der Waals surface area contributed by atoms with Gasteiger partial charge in [0.2, 0.25) is 0 Å². The maximum atomic E-state index is 13.8. The van der Waals surface area contributed by atoms with Gasteiger partial charge in [0.1, 0.15) is 11.6 Å². The Labute approximate surface area is 116 Å². The first-order valence-electron chi connectivity index (χ1n) is 6.38. The average Bonchev–Trinajstić information content (AvgIpc) is 2.85. The van der Waals surface area contributed by atoms with Gasteiger partial charge < -0.3 is 14.7 Å². The number of halogens is 2. The summed E-state index contributed by atoms with van der Waals surface area (Å²) in [6.07, 6.45) is 0.321. The number of benzene rings is 1. The van der Waals surface area contributed by atoms with E-state index in [1.165, 1.54) is 25.0 Å². The van der Waals surface area contributed by atoms with Crippen LogP contribution in [0.5, 0.6) is 0 Å². The molecule has 6 heteroatoms. The van der Waals surface area contributed by atoms with E-state index in [4.69, 9.17) is 4.74 Å². The molecule has 2 atom stereocenters. The molecule has 1 aliphatic heterocycles. The van der Waals surface area contributed by atoms with Crippen LogP contribution in [0.15, 0.2) is 12.1 Å². The third-order valence-corrected chi connectivity index (χ3v) is 3.66. The van der Waals surface area contributed by atoms with E-state index in [2.05, 4.69) is 0 Å². The SMILES string of the molecule is CO[C@H]1C[C@@H](CO)N(C(=O)c2cc(C)c(F)cc2F)C1. The van der Waals surface area contributed by atoms with Gasteiger partial charge in [-0.15, -0.1) is 0 Å². The Morgan fingerprint density at radius 3 is 2.75 bits per heavy atom. The van der Waals surface area contributed by atoms with Gasteiger partial charge in [-0.2, -0.15) is 0 Å². The Hall–Kier alpha value is -1.53. The van der Waals surface area contributed by atoms with Gasteiger partial charge >= 0.3 is 0 Å². The minimum absolute atomic E-state index is 0.180. The lowest BCUT2D eigenvalue weighted by atomic mass is 10.1. The lowest BCUT2D eigenvalue weighted by Gasteiger charge is -2.23. The van der Waals surface area contributed by atoms with Crippen LogP contribution in [0.4, 0.5) is 8.78 Å². The zero-order valence-corrected chi connectivity index (χ0v) is 11.4. The van der Waals surface area contributed by atoms with Gasteiger partial charge in [0.05, 0.1) is 24.3 Å². The Morgan fingerprint density at radius 2 is 2.15 bits per heavy atom. The van der Waals surface area contributed by atoms with Crippen molar-refractivity contribution in [2.45, 2.75) is 25.5 Å². The van der Waals surface area contributed by atoms with Crippen molar-refractivity contribution in [1.29, 1.82) is 0 Å². The topological polar surface area (TPSA) is 49.8 Å². The van der Waals surface area contributed by atoms with Crippen LogP contribution in [-0.4, -0.2) is 48.3 Å². The number of aryl methyl sites for hydroxylation is 1. The first-order valence-corrected chi connectivity index (χ1v) is 6.38. The second-order valence-corrected chi connectivity index (χ2v) is 4.97. The number of ether oxygens (including phenoxy) is 1. The number of nitrogens with zero attached hydrogens (tertiary/aromatic N) is 1. The highest BCUT2D eigenvalue weighted by molar-refractivity contribution is 5.95. The number of aliphatic hydroxyl groups excluding tert-OH is 1. The number of carbonyl (C=O) groups excluding carboxylic acids is 1. The molecule has 2 rings (SSSR count). The number of methoxy groups -OCH3 is 1. The zero-order chi connectivity index (χ0) is 14.9. The molecular weight excluding hydrogens is 268 g/mol. The number of likely N-dealkylation sites (tertiary alicyclic amines) is 1. The second-order valence-electron chi connectivity index (χ2n) is 4.97. The predicted octanol–water partition coefficient (Wildman–Crippen LogP) is 1.50. The molecule has 0 aromatic heterocycles. The van der Waals surface area contributed by atoms with Gasteiger partial charge in [0.25, 0.3) is 5.91 Å². The molecule has 1 fully saturated rings. The van der Waals surface area contributed by atoms with Crippen LogP contribution >= 0.6 is 0 Å². The van der Waals surface area contributed by atoms with Gasteiger partial charge in [-0.1, -0.05) is 0 Å². The largest absolute Gasteiger partial charge is 0.394 e. The summed E-state index contributed by atoms with van der Waals surface area (Å²) in [4.78, 5) is 13.7. The van der Waals surface area contributed by atoms with E-state index < -0.39 is 23.6 Å². The van der Waals surface area contributed by atoms with Crippen LogP contribution in [-0.2, 0) is 4.74 Å². The van der Waals surface area contributed by atoms with Crippen molar-refractivity contribution in [3.05, 3.63) is 34.9 Å². The third-order valence-electron chi connectivity index (χ3n) is 3.66. The highest BCUT2D eigenvalue weighted by Gasteiger charge is 2.36. The molecule has 110 valence electrons. The Kier molecular flexibility index (Phi) is 4.35. The fourth-order valence-electron chi connectivity index (χ4n) is 2.44. The van der Waals surface area contributed by atoms with Crippen molar-refractivity contribution in [3.63, 3.8) is 0 Å². The fraction of sp³-hybridized carbons (Fsp3) is 0.500. The molecule has 1 aromatic carbocycles. The molecule has 0 aliphatic carbocycles. The minimum Gasteiger partial charge on any atom is -0.394 e. The van der Waals surface area contributed by atoms with Crippen molar-refractivity contribution in [1.82, 2.24) is 4.90 Å². The third kappa shape index (κ3) is 2.66. The van der Waals surface area contributed by atoms with Crippen molar-refractivity contribution < 1.29 is 23.4 Å². The summed E-state index contributed by atoms with van der Waals surface area (Å²) in [7, 11) is 1.52. The van der Waals surface area contributed by atoms with Crippen molar-refractivity contribution in [3.8, 4) is 0 Å². The summed E-state index contributed by atoms with van der Waals surface area (Å²) in [6, 6.07) is 1.50. The van der Waals surface area contributed by atoms with E-state index in [-0.39, 0.29) is 30.4 Å². The van der Waals surface area contributed by atoms with E-state index in [0.717, 1.165) is 0 Å². The maximum Gasteiger partial charge on any atom is 0.257 e. The molecule has 1 amide bonds. The summed E-state index contributed by atoms with van der Waals surface area (Å²) >= 11 is 0. The number of hydrogen-bond donors (Lipinski definition) is 1. The van der Waals surface area contributed by atoms with Gasteiger partial charge in [-0.05, 0) is 25.0 Å². The molecule has 0 unspecified atom stereocenters. The van der Waals surface area contributed by atoms with E-state index in [1.807, 2.05) is 0 Å². The smallest absolute Gasteiger partial charge is 0.257 e. The molecule has 0 radical (unpaired) electrons. The van der Waals surface area contributed by atoms with E-state index in [1.54, 1.807) is 0 Å². The summed E-state index contributed by atoms with van der Waals surface area (Å²) in [5, 5.41) is 9.31. The van der Waals surface area contributed by atoms with Crippen molar-refractivity contribution >= 4 is 5.91 Å². The summed E-state index contributed by atoms with van der Waals surface area (Å²) in [5.41, 5.74) is 0.0249. The highest BCUT2D eigenvalue weighted by atomic mass is 19.1. The number of amides is 1. The second kappa shape index (κ2) is 5.85. The highest BCUT2D eigenvalue weighted by Crippen LogP contribution is 2.24. The van der Waals surface area contributed by atoms with Gasteiger partial charge in [-0.3, -0.25) is 4.79 Å². The summed E-state index contributed by atoms with van der Waals surface area (Å²) in [6.45, 7) is 1.54. The lowest BCUT2D eigenvalue weighted by Crippen LogP contribution is -2.38. The molecule has 1 aliphatic rings. The van der Waals surface area contributed by atoms with Gasteiger partial charge in [0, 0.05) is 19.7 Å². The van der Waals surface area contributed by atoms with Crippen LogP contribution in [0.25, 0.3) is 0 Å². The van der Waals surface area contributed by atoms with E-state index in [9.17, 15) is 18.7 Å². The quantitative estimate of drug-likeness (QED) is 0.915. The minimum atomic E-state index is -0.893. The molecule has 1 saturated heterocycles. The Bertz CT molecular complexity index is 521. The Morgan fingerprint density at radius 1 is 1.45 bits per heavy atom. The number of aliphatic hydroxyl groups is 1. The average molecular weight is 285 g/mol.